The Balaban J connectivity index is 1.38. The first-order chi connectivity index (χ1) is 15.0. The fraction of sp³-hybridized carbons (Fsp3) is 0.429. The predicted octanol–water partition coefficient (Wildman–Crippen LogP) is 3.00. The lowest BCUT2D eigenvalue weighted by atomic mass is 9.91. The van der Waals surface area contributed by atoms with E-state index in [1.165, 1.54) is 0 Å². The minimum absolute atomic E-state index is 0.165. The number of nitrogens with zero attached hydrogens (tertiary/aromatic N) is 6. The molecule has 0 saturated carbocycles. The van der Waals surface area contributed by atoms with Crippen molar-refractivity contribution >= 4 is 33.5 Å². The average Bonchev–Trinajstić information content (AvgIpc) is 3.42. The molecule has 2 N–H and O–H groups in total. The second kappa shape index (κ2) is 7.93. The minimum Gasteiger partial charge on any atom is -0.495 e. The third-order valence-electron chi connectivity index (χ3n) is 5.82. The molecule has 162 valence electrons. The molecule has 2 aliphatic heterocycles. The van der Waals surface area contributed by atoms with Crippen LogP contribution in [0.5, 0.6) is 5.75 Å². The number of anilines is 2. The summed E-state index contributed by atoms with van der Waals surface area (Å²) in [6, 6.07) is 8.17. The maximum absolute atomic E-state index is 5.69. The lowest BCUT2D eigenvalue weighted by Gasteiger charge is -2.39. The number of amidine groups is 1. The van der Waals surface area contributed by atoms with Crippen LogP contribution in [0, 0.1) is 0 Å². The minimum atomic E-state index is -0.165. The number of rotatable bonds is 4. The summed E-state index contributed by atoms with van der Waals surface area (Å²) in [4.78, 5) is 9.91. The van der Waals surface area contributed by atoms with E-state index in [-0.39, 0.29) is 5.41 Å². The molecule has 0 atom stereocenters. The summed E-state index contributed by atoms with van der Waals surface area (Å²) in [5, 5.41) is 21.3. The van der Waals surface area contributed by atoms with Gasteiger partial charge in [-0.25, -0.2) is 4.99 Å². The van der Waals surface area contributed by atoms with E-state index in [1.54, 1.807) is 18.4 Å². The van der Waals surface area contributed by atoms with Gasteiger partial charge in [-0.3, -0.25) is 4.90 Å². The lowest BCUT2D eigenvalue weighted by molar-refractivity contribution is 0.153. The van der Waals surface area contributed by atoms with Crippen LogP contribution in [0.15, 0.2) is 34.6 Å². The molecule has 0 bridgehead atoms. The summed E-state index contributed by atoms with van der Waals surface area (Å²) in [5.74, 6) is 2.58. The van der Waals surface area contributed by atoms with Crippen molar-refractivity contribution in [3.05, 3.63) is 41.0 Å². The lowest BCUT2D eigenvalue weighted by Crippen LogP contribution is -2.51. The summed E-state index contributed by atoms with van der Waals surface area (Å²) in [7, 11) is 1.72. The molecule has 2 aliphatic rings. The summed E-state index contributed by atoms with van der Waals surface area (Å²) >= 11 is 1.65. The molecule has 0 amide bonds. The number of hydrogen-bond acceptors (Lipinski definition) is 9. The van der Waals surface area contributed by atoms with E-state index in [4.69, 9.17) is 9.73 Å². The molecular formula is C21H26N8OS. The highest BCUT2D eigenvalue weighted by Crippen LogP contribution is 2.42. The van der Waals surface area contributed by atoms with E-state index >= 15 is 0 Å². The molecule has 1 fully saturated rings. The molecule has 5 rings (SSSR count). The van der Waals surface area contributed by atoms with Gasteiger partial charge in [-0.2, -0.15) is 5.21 Å². The van der Waals surface area contributed by atoms with Crippen LogP contribution >= 0.6 is 11.3 Å². The Morgan fingerprint density at radius 1 is 1.16 bits per heavy atom. The number of tetrazole rings is 1. The van der Waals surface area contributed by atoms with Crippen molar-refractivity contribution in [3.8, 4) is 5.75 Å². The topological polar surface area (TPSA) is 94.6 Å². The van der Waals surface area contributed by atoms with Gasteiger partial charge in [0.15, 0.2) is 5.82 Å². The maximum atomic E-state index is 5.69. The third kappa shape index (κ3) is 3.77. The van der Waals surface area contributed by atoms with Crippen LogP contribution in [0.3, 0.4) is 0 Å². The van der Waals surface area contributed by atoms with Crippen LogP contribution in [0.2, 0.25) is 0 Å². The van der Waals surface area contributed by atoms with Crippen molar-refractivity contribution in [1.29, 1.82) is 0 Å². The van der Waals surface area contributed by atoms with Gasteiger partial charge in [0.1, 0.15) is 16.6 Å². The monoisotopic (exact) mass is 438 g/mol. The van der Waals surface area contributed by atoms with Crippen LogP contribution in [0.25, 0.3) is 0 Å². The molecule has 2 aromatic heterocycles. The van der Waals surface area contributed by atoms with Crippen LogP contribution in [-0.4, -0.2) is 76.1 Å². The molecule has 0 spiro atoms. The van der Waals surface area contributed by atoms with Gasteiger partial charge >= 0.3 is 0 Å². The zero-order valence-corrected chi connectivity index (χ0v) is 18.7. The highest BCUT2D eigenvalue weighted by atomic mass is 32.1. The van der Waals surface area contributed by atoms with Gasteiger partial charge in [0, 0.05) is 43.5 Å². The quantitative estimate of drug-likeness (QED) is 0.647. The SMILES string of the molecule is COc1csc2c1C(N1CCN(CC(C)(C)c3nn[nH]n3)CC1)=Nc1ccccc1N2. The molecular weight excluding hydrogens is 412 g/mol. The predicted molar refractivity (Wildman–Crippen MR) is 122 cm³/mol. The van der Waals surface area contributed by atoms with Gasteiger partial charge < -0.3 is 15.0 Å². The molecule has 0 unspecified atom stereocenters. The number of H-pyrrole nitrogens is 1. The first kappa shape index (κ1) is 20.0. The molecule has 9 nitrogen and oxygen atoms in total. The summed E-state index contributed by atoms with van der Waals surface area (Å²) in [5.41, 5.74) is 2.85. The Morgan fingerprint density at radius 3 is 2.71 bits per heavy atom. The highest BCUT2D eigenvalue weighted by molar-refractivity contribution is 7.15. The van der Waals surface area contributed by atoms with E-state index in [9.17, 15) is 0 Å². The summed E-state index contributed by atoms with van der Waals surface area (Å²) in [6.45, 7) is 8.86. The van der Waals surface area contributed by atoms with Crippen molar-refractivity contribution in [2.75, 3.05) is 45.2 Å². The van der Waals surface area contributed by atoms with Gasteiger partial charge in [-0.05, 0) is 12.1 Å². The number of aromatic amines is 1. The highest BCUT2D eigenvalue weighted by Gasteiger charge is 2.32. The van der Waals surface area contributed by atoms with Crippen molar-refractivity contribution in [2.45, 2.75) is 19.3 Å². The Labute approximate surface area is 185 Å². The Kier molecular flexibility index (Phi) is 5.11. The molecule has 31 heavy (non-hydrogen) atoms. The van der Waals surface area contributed by atoms with Crippen LogP contribution in [0.1, 0.15) is 25.2 Å². The number of aromatic nitrogens is 4. The van der Waals surface area contributed by atoms with Crippen LogP contribution in [0.4, 0.5) is 16.4 Å². The fourth-order valence-corrected chi connectivity index (χ4v) is 5.11. The summed E-state index contributed by atoms with van der Waals surface area (Å²) in [6.07, 6.45) is 0. The second-order valence-electron chi connectivity index (χ2n) is 8.47. The molecule has 0 radical (unpaired) electrons. The molecule has 10 heteroatoms. The zero-order chi connectivity index (χ0) is 21.4. The standard InChI is InChI=1S/C21H26N8OS/c1-21(2,20-24-26-27-25-20)13-28-8-10-29(11-9-28)18-17-16(30-3)12-31-19(17)23-15-7-5-4-6-14(15)22-18/h4-7,12,23H,8-11,13H2,1-3H3,(H,24,25,26,27). The Bertz CT molecular complexity index is 1080. The first-order valence-corrected chi connectivity index (χ1v) is 11.2. The summed E-state index contributed by atoms with van der Waals surface area (Å²) < 4.78 is 5.69. The Hall–Kier alpha value is -2.98. The van der Waals surface area contributed by atoms with Crippen LogP contribution in [-0.2, 0) is 5.41 Å². The van der Waals surface area contributed by atoms with E-state index in [2.05, 4.69) is 61.7 Å². The van der Waals surface area contributed by atoms with Gasteiger partial charge in [-0.1, -0.05) is 31.2 Å². The number of benzene rings is 1. The number of nitrogens with one attached hydrogen (secondary N) is 2. The van der Waals surface area contributed by atoms with Gasteiger partial charge in [0.25, 0.3) is 0 Å². The van der Waals surface area contributed by atoms with Gasteiger partial charge in [0.2, 0.25) is 0 Å². The number of ether oxygens (including phenoxy) is 1. The van der Waals surface area contributed by atoms with E-state index in [1.807, 2.05) is 17.5 Å². The largest absolute Gasteiger partial charge is 0.495 e. The first-order valence-electron chi connectivity index (χ1n) is 10.4. The number of methoxy groups -OCH3 is 1. The fourth-order valence-electron chi connectivity index (χ4n) is 4.19. The molecule has 1 saturated heterocycles. The molecule has 0 aliphatic carbocycles. The zero-order valence-electron chi connectivity index (χ0n) is 17.9. The van der Waals surface area contributed by atoms with Crippen molar-refractivity contribution in [3.63, 3.8) is 0 Å². The third-order valence-corrected chi connectivity index (χ3v) is 6.69. The van der Waals surface area contributed by atoms with Crippen molar-refractivity contribution in [1.82, 2.24) is 30.4 Å². The number of aliphatic imine (C=N–C) groups is 1. The molecule has 4 heterocycles. The molecule has 3 aromatic rings. The molecule has 1 aromatic carbocycles. The van der Waals surface area contributed by atoms with Crippen LogP contribution < -0.4 is 10.1 Å². The van der Waals surface area contributed by atoms with E-state index in [0.717, 1.165) is 72.1 Å². The number of fused-ring (bicyclic) bond motifs is 2. The smallest absolute Gasteiger partial charge is 0.181 e. The second-order valence-corrected chi connectivity index (χ2v) is 9.35. The number of para-hydroxylation sites is 2. The number of hydrogen-bond donors (Lipinski definition) is 2. The Morgan fingerprint density at radius 2 is 1.97 bits per heavy atom. The van der Waals surface area contributed by atoms with Gasteiger partial charge in [-0.15, -0.1) is 21.5 Å². The van der Waals surface area contributed by atoms with E-state index in [0.29, 0.717) is 0 Å². The maximum Gasteiger partial charge on any atom is 0.181 e. The van der Waals surface area contributed by atoms with Crippen molar-refractivity contribution in [2.24, 2.45) is 4.99 Å². The normalized spacial score (nSPS) is 16.7. The number of thiophene rings is 1. The van der Waals surface area contributed by atoms with Gasteiger partial charge in [0.05, 0.1) is 24.0 Å². The van der Waals surface area contributed by atoms with E-state index < -0.39 is 0 Å². The average molecular weight is 439 g/mol. The van der Waals surface area contributed by atoms with Crippen molar-refractivity contribution < 1.29 is 4.74 Å². The number of piperazine rings is 1.